The van der Waals surface area contributed by atoms with Gasteiger partial charge in [-0.05, 0) is 34.1 Å². The highest BCUT2D eigenvalue weighted by Crippen LogP contribution is 2.20. The van der Waals surface area contributed by atoms with Crippen LogP contribution in [0.4, 0.5) is 5.82 Å². The summed E-state index contributed by atoms with van der Waals surface area (Å²) < 4.78 is 0.874. The monoisotopic (exact) mass is 321 g/mol. The van der Waals surface area contributed by atoms with Crippen molar-refractivity contribution < 1.29 is 5.11 Å². The maximum Gasteiger partial charge on any atom is 0.133 e. The lowest BCUT2D eigenvalue weighted by molar-refractivity contribution is 0.281. The Kier molecular flexibility index (Phi) is 4.87. The third-order valence-electron chi connectivity index (χ3n) is 2.87. The Balaban J connectivity index is 2.05. The smallest absolute Gasteiger partial charge is 0.133 e. The van der Waals surface area contributed by atoms with E-state index < -0.39 is 0 Å². The summed E-state index contributed by atoms with van der Waals surface area (Å²) >= 11 is 3.36. The van der Waals surface area contributed by atoms with Crippen LogP contribution in [0.5, 0.6) is 0 Å². The lowest BCUT2D eigenvalue weighted by Crippen LogP contribution is -2.23. The molecular formula is C14H16BrN3O. The number of likely N-dealkylation sites (N-methyl/N-ethyl adjacent to an activating group) is 1. The molecule has 100 valence electrons. The van der Waals surface area contributed by atoms with Crippen molar-refractivity contribution in [3.8, 4) is 0 Å². The summed E-state index contributed by atoms with van der Waals surface area (Å²) in [5, 5.41) is 9.38. The highest BCUT2D eigenvalue weighted by Gasteiger charge is 2.09. The van der Waals surface area contributed by atoms with Crippen molar-refractivity contribution in [2.45, 2.75) is 13.0 Å². The Morgan fingerprint density at radius 2 is 2.16 bits per heavy atom. The first-order chi connectivity index (χ1) is 9.20. The van der Waals surface area contributed by atoms with Gasteiger partial charge < -0.3 is 10.0 Å². The van der Waals surface area contributed by atoms with Gasteiger partial charge in [-0.2, -0.15) is 0 Å². The molecule has 0 atom stereocenters. The van der Waals surface area contributed by atoms with E-state index >= 15 is 0 Å². The van der Waals surface area contributed by atoms with Crippen molar-refractivity contribution >= 4 is 21.7 Å². The summed E-state index contributed by atoms with van der Waals surface area (Å²) in [4.78, 5) is 10.7. The van der Waals surface area contributed by atoms with Gasteiger partial charge in [-0.25, -0.2) is 4.98 Å². The average Bonchev–Trinajstić information content (AvgIpc) is 2.45. The van der Waals surface area contributed by atoms with Gasteiger partial charge in [0, 0.05) is 48.1 Å². The molecule has 0 spiro atoms. The Morgan fingerprint density at radius 3 is 2.84 bits per heavy atom. The Hall–Kier alpha value is -1.46. The zero-order valence-corrected chi connectivity index (χ0v) is 12.3. The minimum atomic E-state index is -0.0182. The molecule has 0 amide bonds. The van der Waals surface area contributed by atoms with E-state index in [1.54, 1.807) is 12.4 Å². The third kappa shape index (κ3) is 3.75. The van der Waals surface area contributed by atoms with Crippen LogP contribution >= 0.6 is 15.9 Å². The number of aliphatic hydroxyl groups is 1. The van der Waals surface area contributed by atoms with Crippen molar-refractivity contribution in [1.29, 1.82) is 0 Å². The zero-order valence-electron chi connectivity index (χ0n) is 10.8. The fraction of sp³-hybridized carbons (Fsp3) is 0.286. The molecule has 0 saturated heterocycles. The molecule has 19 heavy (non-hydrogen) atoms. The summed E-state index contributed by atoms with van der Waals surface area (Å²) in [7, 11) is 1.97. The molecule has 0 aliphatic heterocycles. The number of anilines is 1. The highest BCUT2D eigenvalue weighted by atomic mass is 79.9. The van der Waals surface area contributed by atoms with Crippen LogP contribution in [0.3, 0.4) is 0 Å². The normalized spacial score (nSPS) is 10.5. The minimum absolute atomic E-state index is 0.0182. The van der Waals surface area contributed by atoms with E-state index in [2.05, 4.69) is 25.9 Å². The molecule has 0 bridgehead atoms. The molecule has 4 nitrogen and oxygen atoms in total. The first-order valence-electron chi connectivity index (χ1n) is 6.07. The summed E-state index contributed by atoms with van der Waals surface area (Å²) in [6.45, 7) is 0.786. The summed E-state index contributed by atoms with van der Waals surface area (Å²) in [5.41, 5.74) is 1.87. The van der Waals surface area contributed by atoms with Crippen LogP contribution in [0.2, 0.25) is 0 Å². The van der Waals surface area contributed by atoms with Gasteiger partial charge in [0.25, 0.3) is 0 Å². The summed E-state index contributed by atoms with van der Waals surface area (Å²) in [6, 6.07) is 7.79. The van der Waals surface area contributed by atoms with Crippen LogP contribution in [0.1, 0.15) is 11.3 Å². The van der Waals surface area contributed by atoms with Gasteiger partial charge in [-0.15, -0.1) is 0 Å². The van der Waals surface area contributed by atoms with E-state index in [-0.39, 0.29) is 6.61 Å². The molecule has 0 saturated carbocycles. The number of aliphatic hydroxyl groups excluding tert-OH is 1. The first kappa shape index (κ1) is 14.0. The Bertz CT molecular complexity index is 533. The zero-order chi connectivity index (χ0) is 13.7. The number of pyridine rings is 2. The highest BCUT2D eigenvalue weighted by molar-refractivity contribution is 9.10. The predicted molar refractivity (Wildman–Crippen MR) is 79.1 cm³/mol. The topological polar surface area (TPSA) is 49.2 Å². The molecule has 2 rings (SSSR count). The van der Waals surface area contributed by atoms with Crippen molar-refractivity contribution in [1.82, 2.24) is 9.97 Å². The lowest BCUT2D eigenvalue weighted by atomic mass is 10.2. The molecule has 2 aromatic heterocycles. The fourth-order valence-electron chi connectivity index (χ4n) is 1.87. The molecule has 5 heteroatoms. The van der Waals surface area contributed by atoms with E-state index in [9.17, 15) is 5.11 Å². The molecule has 2 heterocycles. The second-order valence-electron chi connectivity index (χ2n) is 4.29. The summed E-state index contributed by atoms with van der Waals surface area (Å²) in [6.07, 6.45) is 4.39. The molecule has 0 fully saturated rings. The Labute approximate surface area is 121 Å². The van der Waals surface area contributed by atoms with Gasteiger partial charge in [0.05, 0.1) is 6.61 Å². The van der Waals surface area contributed by atoms with Crippen LogP contribution in [-0.2, 0) is 13.0 Å². The van der Waals surface area contributed by atoms with E-state index in [1.807, 2.05) is 36.2 Å². The van der Waals surface area contributed by atoms with E-state index in [1.165, 1.54) is 0 Å². The molecular weight excluding hydrogens is 306 g/mol. The van der Waals surface area contributed by atoms with Crippen LogP contribution in [0.25, 0.3) is 0 Å². The molecule has 0 aliphatic carbocycles. The van der Waals surface area contributed by atoms with Gasteiger partial charge in [0.1, 0.15) is 5.82 Å². The third-order valence-corrected chi connectivity index (χ3v) is 3.30. The quantitative estimate of drug-likeness (QED) is 0.918. The molecule has 0 aromatic carbocycles. The van der Waals surface area contributed by atoms with Gasteiger partial charge in [0.2, 0.25) is 0 Å². The number of rotatable bonds is 5. The molecule has 0 radical (unpaired) electrons. The SMILES string of the molecule is CN(CCc1ccccn1)c1ncc(Br)cc1CO. The van der Waals surface area contributed by atoms with Crippen LogP contribution < -0.4 is 4.90 Å². The minimum Gasteiger partial charge on any atom is -0.392 e. The Morgan fingerprint density at radius 1 is 1.32 bits per heavy atom. The number of nitrogens with zero attached hydrogens (tertiary/aromatic N) is 3. The van der Waals surface area contributed by atoms with Crippen LogP contribution in [0, 0.1) is 0 Å². The van der Waals surface area contributed by atoms with Gasteiger partial charge in [-0.3, -0.25) is 4.98 Å². The standard InChI is InChI=1S/C14H16BrN3O/c1-18(7-5-13-4-2-3-6-16-13)14-11(10-19)8-12(15)9-17-14/h2-4,6,8-9,19H,5,7,10H2,1H3. The van der Waals surface area contributed by atoms with Crippen molar-refractivity contribution in [2.75, 3.05) is 18.5 Å². The first-order valence-corrected chi connectivity index (χ1v) is 6.86. The van der Waals surface area contributed by atoms with E-state index in [0.29, 0.717) is 0 Å². The maximum absolute atomic E-state index is 9.38. The second-order valence-corrected chi connectivity index (χ2v) is 5.20. The van der Waals surface area contributed by atoms with Crippen LogP contribution in [0.15, 0.2) is 41.1 Å². The van der Waals surface area contributed by atoms with Gasteiger partial charge >= 0.3 is 0 Å². The van der Waals surface area contributed by atoms with Gasteiger partial charge in [-0.1, -0.05) is 6.07 Å². The number of halogens is 1. The molecule has 2 aromatic rings. The molecule has 0 aliphatic rings. The number of hydrogen-bond acceptors (Lipinski definition) is 4. The van der Waals surface area contributed by atoms with E-state index in [4.69, 9.17) is 0 Å². The van der Waals surface area contributed by atoms with Crippen molar-refractivity contribution in [3.63, 3.8) is 0 Å². The average molecular weight is 322 g/mol. The number of aromatic nitrogens is 2. The van der Waals surface area contributed by atoms with Gasteiger partial charge in [0.15, 0.2) is 0 Å². The van der Waals surface area contributed by atoms with Crippen LogP contribution in [-0.4, -0.2) is 28.7 Å². The second kappa shape index (κ2) is 6.63. The van der Waals surface area contributed by atoms with Crippen molar-refractivity contribution in [2.24, 2.45) is 0 Å². The fourth-order valence-corrected chi connectivity index (χ4v) is 2.25. The molecule has 1 N–H and O–H groups in total. The predicted octanol–water partition coefficient (Wildman–Crippen LogP) is 2.41. The summed E-state index contributed by atoms with van der Waals surface area (Å²) in [5.74, 6) is 0.807. The van der Waals surface area contributed by atoms with E-state index in [0.717, 1.165) is 34.5 Å². The lowest BCUT2D eigenvalue weighted by Gasteiger charge is -2.20. The molecule has 0 unspecified atom stereocenters. The largest absolute Gasteiger partial charge is 0.392 e. The number of hydrogen-bond donors (Lipinski definition) is 1. The van der Waals surface area contributed by atoms with Crippen molar-refractivity contribution in [3.05, 3.63) is 52.4 Å². The maximum atomic E-state index is 9.38.